The van der Waals surface area contributed by atoms with Crippen molar-refractivity contribution in [1.82, 2.24) is 9.47 Å². The fourth-order valence-corrected chi connectivity index (χ4v) is 1.83. The molecule has 82 valence electrons. The van der Waals surface area contributed by atoms with E-state index in [0.717, 1.165) is 18.7 Å². The highest BCUT2D eigenvalue weighted by molar-refractivity contribution is 5.93. The minimum Gasteiger partial charge on any atom is -0.389 e. The lowest BCUT2D eigenvalue weighted by molar-refractivity contribution is 0.00518. The van der Waals surface area contributed by atoms with Crippen LogP contribution in [0.4, 0.5) is 0 Å². The van der Waals surface area contributed by atoms with Crippen LogP contribution in [0.5, 0.6) is 0 Å². The van der Waals surface area contributed by atoms with E-state index >= 15 is 0 Å². The van der Waals surface area contributed by atoms with Crippen molar-refractivity contribution in [2.24, 2.45) is 0 Å². The standard InChI is InChI=1S/C11H16N2O2/c1-2-5-12-6-3-4-10(12)11(15)13-7-9(14)8-13/h3-4,6,9,14H,2,5,7-8H2,1H3. The molecule has 0 aliphatic carbocycles. The number of aryl methyl sites for hydroxylation is 1. The molecular formula is C11H16N2O2. The van der Waals surface area contributed by atoms with Crippen LogP contribution in [0.3, 0.4) is 0 Å². The molecule has 0 aromatic carbocycles. The number of aliphatic hydroxyl groups is 1. The number of likely N-dealkylation sites (tertiary alicyclic amines) is 1. The van der Waals surface area contributed by atoms with Crippen molar-refractivity contribution in [2.75, 3.05) is 13.1 Å². The lowest BCUT2D eigenvalue weighted by atomic mass is 10.1. The smallest absolute Gasteiger partial charge is 0.270 e. The molecular weight excluding hydrogens is 192 g/mol. The maximum Gasteiger partial charge on any atom is 0.270 e. The van der Waals surface area contributed by atoms with Crippen LogP contribution in [0.25, 0.3) is 0 Å². The van der Waals surface area contributed by atoms with Crippen LogP contribution in [0.1, 0.15) is 23.8 Å². The summed E-state index contributed by atoms with van der Waals surface area (Å²) in [5.41, 5.74) is 0.726. The first-order valence-electron chi connectivity index (χ1n) is 5.35. The second-order valence-electron chi connectivity index (χ2n) is 3.95. The van der Waals surface area contributed by atoms with Crippen LogP contribution in [0, 0.1) is 0 Å². The molecule has 0 atom stereocenters. The Morgan fingerprint density at radius 1 is 1.60 bits per heavy atom. The third-order valence-electron chi connectivity index (χ3n) is 2.66. The molecule has 2 heterocycles. The highest BCUT2D eigenvalue weighted by Gasteiger charge is 2.30. The van der Waals surface area contributed by atoms with Crippen LogP contribution in [0.15, 0.2) is 18.3 Å². The Bertz CT molecular complexity index is 353. The fraction of sp³-hybridized carbons (Fsp3) is 0.545. The molecule has 15 heavy (non-hydrogen) atoms. The van der Waals surface area contributed by atoms with Gasteiger partial charge in [0, 0.05) is 25.8 Å². The van der Waals surface area contributed by atoms with Crippen LogP contribution in [-0.4, -0.2) is 39.7 Å². The van der Waals surface area contributed by atoms with Crippen molar-refractivity contribution < 1.29 is 9.90 Å². The molecule has 1 N–H and O–H groups in total. The molecule has 1 aliphatic heterocycles. The molecule has 0 saturated carbocycles. The predicted molar refractivity (Wildman–Crippen MR) is 56.6 cm³/mol. The largest absolute Gasteiger partial charge is 0.389 e. The Kier molecular flexibility index (Phi) is 2.77. The van der Waals surface area contributed by atoms with Crippen LogP contribution < -0.4 is 0 Å². The Morgan fingerprint density at radius 2 is 2.33 bits per heavy atom. The number of rotatable bonds is 3. The van der Waals surface area contributed by atoms with Gasteiger partial charge in [0.1, 0.15) is 5.69 Å². The average Bonchev–Trinajstić information content (AvgIpc) is 2.61. The minimum absolute atomic E-state index is 0.0266. The van der Waals surface area contributed by atoms with E-state index in [2.05, 4.69) is 6.92 Å². The van der Waals surface area contributed by atoms with Crippen LogP contribution in [0.2, 0.25) is 0 Å². The lowest BCUT2D eigenvalue weighted by Crippen LogP contribution is -2.53. The number of hydrogen-bond donors (Lipinski definition) is 1. The number of carbonyl (C=O) groups is 1. The zero-order valence-electron chi connectivity index (χ0n) is 8.89. The minimum atomic E-state index is -0.330. The second kappa shape index (κ2) is 4.06. The molecule has 0 spiro atoms. The van der Waals surface area contributed by atoms with Gasteiger partial charge in [0.25, 0.3) is 5.91 Å². The third-order valence-corrected chi connectivity index (χ3v) is 2.66. The van der Waals surface area contributed by atoms with Crippen molar-refractivity contribution in [3.05, 3.63) is 24.0 Å². The fourth-order valence-electron chi connectivity index (χ4n) is 1.83. The zero-order valence-corrected chi connectivity index (χ0v) is 8.89. The molecule has 1 amide bonds. The third kappa shape index (κ3) is 1.90. The van der Waals surface area contributed by atoms with Crippen molar-refractivity contribution in [2.45, 2.75) is 26.0 Å². The molecule has 0 radical (unpaired) electrons. The van der Waals surface area contributed by atoms with E-state index in [1.165, 1.54) is 0 Å². The number of aliphatic hydroxyl groups excluding tert-OH is 1. The Hall–Kier alpha value is -1.29. The predicted octanol–water partition coefficient (Wildman–Crippen LogP) is 0.715. The normalized spacial score (nSPS) is 16.5. The topological polar surface area (TPSA) is 45.5 Å². The van der Waals surface area contributed by atoms with Crippen molar-refractivity contribution >= 4 is 5.91 Å². The number of carbonyl (C=O) groups excluding carboxylic acids is 1. The van der Waals surface area contributed by atoms with Crippen molar-refractivity contribution in [1.29, 1.82) is 0 Å². The van der Waals surface area contributed by atoms with E-state index in [0.29, 0.717) is 13.1 Å². The van der Waals surface area contributed by atoms with Crippen molar-refractivity contribution in [3.63, 3.8) is 0 Å². The Labute approximate surface area is 89.1 Å². The number of aromatic nitrogens is 1. The molecule has 2 rings (SSSR count). The summed E-state index contributed by atoms with van der Waals surface area (Å²) >= 11 is 0. The first-order valence-corrected chi connectivity index (χ1v) is 5.35. The maximum absolute atomic E-state index is 11.9. The highest BCUT2D eigenvalue weighted by Crippen LogP contribution is 2.14. The van der Waals surface area contributed by atoms with Gasteiger partial charge in [-0.25, -0.2) is 0 Å². The molecule has 4 heteroatoms. The van der Waals surface area contributed by atoms with Gasteiger partial charge in [0.2, 0.25) is 0 Å². The first kappa shape index (κ1) is 10.2. The van der Waals surface area contributed by atoms with Gasteiger partial charge < -0.3 is 14.6 Å². The van der Waals surface area contributed by atoms with Crippen LogP contribution >= 0.6 is 0 Å². The quantitative estimate of drug-likeness (QED) is 0.795. The van der Waals surface area contributed by atoms with Gasteiger partial charge in [-0.1, -0.05) is 6.92 Å². The molecule has 0 unspecified atom stereocenters. The molecule has 1 fully saturated rings. The van der Waals surface area contributed by atoms with E-state index in [1.807, 2.05) is 22.9 Å². The summed E-state index contributed by atoms with van der Waals surface area (Å²) in [6, 6.07) is 3.72. The summed E-state index contributed by atoms with van der Waals surface area (Å²) in [5, 5.41) is 9.14. The van der Waals surface area contributed by atoms with Gasteiger partial charge in [-0.05, 0) is 18.6 Å². The molecule has 4 nitrogen and oxygen atoms in total. The second-order valence-corrected chi connectivity index (χ2v) is 3.95. The first-order chi connectivity index (χ1) is 7.22. The maximum atomic E-state index is 11.9. The SMILES string of the molecule is CCCn1cccc1C(=O)N1CC(O)C1. The number of β-amino-alcohol motifs (C(OH)–C–C–N with tert-alkyl or cyclic N) is 1. The van der Waals surface area contributed by atoms with Gasteiger partial charge in [0.05, 0.1) is 6.10 Å². The Balaban J connectivity index is 2.08. The van der Waals surface area contributed by atoms with Gasteiger partial charge in [-0.3, -0.25) is 4.79 Å². The number of amides is 1. The van der Waals surface area contributed by atoms with E-state index in [4.69, 9.17) is 5.11 Å². The van der Waals surface area contributed by atoms with Gasteiger partial charge in [-0.2, -0.15) is 0 Å². The molecule has 1 saturated heterocycles. The summed E-state index contributed by atoms with van der Waals surface area (Å²) < 4.78 is 1.97. The lowest BCUT2D eigenvalue weighted by Gasteiger charge is -2.35. The summed E-state index contributed by atoms with van der Waals surface area (Å²) in [6.45, 7) is 3.89. The molecule has 1 aromatic heterocycles. The Morgan fingerprint density at radius 3 is 2.93 bits per heavy atom. The zero-order chi connectivity index (χ0) is 10.8. The number of nitrogens with zero attached hydrogens (tertiary/aromatic N) is 2. The monoisotopic (exact) mass is 208 g/mol. The van der Waals surface area contributed by atoms with Gasteiger partial charge in [-0.15, -0.1) is 0 Å². The summed E-state index contributed by atoms with van der Waals surface area (Å²) in [4.78, 5) is 13.6. The van der Waals surface area contributed by atoms with Crippen LogP contribution in [-0.2, 0) is 6.54 Å². The van der Waals surface area contributed by atoms with E-state index in [1.54, 1.807) is 4.90 Å². The molecule has 0 bridgehead atoms. The molecule has 1 aromatic rings. The summed E-state index contributed by atoms with van der Waals surface area (Å²) in [6.07, 6.45) is 2.60. The van der Waals surface area contributed by atoms with E-state index in [-0.39, 0.29) is 12.0 Å². The summed E-state index contributed by atoms with van der Waals surface area (Å²) in [7, 11) is 0. The number of hydrogen-bond acceptors (Lipinski definition) is 2. The molecule has 1 aliphatic rings. The average molecular weight is 208 g/mol. The van der Waals surface area contributed by atoms with E-state index < -0.39 is 0 Å². The van der Waals surface area contributed by atoms with E-state index in [9.17, 15) is 4.79 Å². The highest BCUT2D eigenvalue weighted by atomic mass is 16.3. The summed E-state index contributed by atoms with van der Waals surface area (Å²) in [5.74, 6) is 0.0266. The van der Waals surface area contributed by atoms with Gasteiger partial charge >= 0.3 is 0 Å². The van der Waals surface area contributed by atoms with Crippen molar-refractivity contribution in [3.8, 4) is 0 Å². The van der Waals surface area contributed by atoms with Gasteiger partial charge in [0.15, 0.2) is 0 Å².